The molecule has 2 aromatic rings. The number of nitrogens with zero attached hydrogens (tertiary/aromatic N) is 4. The number of ether oxygens (including phenoxy) is 3. The summed E-state index contributed by atoms with van der Waals surface area (Å²) < 4.78 is 18.2. The van der Waals surface area contributed by atoms with Gasteiger partial charge in [0.25, 0.3) is 0 Å². The van der Waals surface area contributed by atoms with Gasteiger partial charge in [0.2, 0.25) is 5.60 Å². The summed E-state index contributed by atoms with van der Waals surface area (Å²) >= 11 is 0. The molecule has 3 heterocycles. The van der Waals surface area contributed by atoms with Gasteiger partial charge in [-0.2, -0.15) is 0 Å². The minimum absolute atomic E-state index is 0.0421. The number of fused-ring (bicyclic) bond motifs is 1. The SMILES string of the molecule is CCCC(=O)O[C@@H]1[C@@H](C[S+](C)CC[C@H](N)C(=O)OC)O[C@@H](n2cnc3c(N)ncnc32)[C@@]1(O)C(=O)CCC. The molecule has 14 heteroatoms. The molecule has 3 rings (SSSR count). The van der Waals surface area contributed by atoms with E-state index < -0.39 is 47.8 Å². The molecule has 5 N–H and O–H groups in total. The molecule has 210 valence electrons. The first-order valence-electron chi connectivity index (χ1n) is 12.5. The van der Waals surface area contributed by atoms with Crippen LogP contribution < -0.4 is 11.5 Å². The Hall–Kier alpha value is -2.81. The molecule has 0 spiro atoms. The van der Waals surface area contributed by atoms with E-state index in [0.717, 1.165) is 0 Å². The van der Waals surface area contributed by atoms with Gasteiger partial charge in [0.15, 0.2) is 29.6 Å². The standard InChI is InChI=1S/C24H37N6O7S/c1-5-7-16(31)24(34)19(37-17(32)8-6-2)15(11-38(4)10-9-14(25)22(33)35-3)36-23(24)30-13-29-18-20(26)27-12-28-21(18)30/h12-15,19,23,34H,5-11,25H2,1-4H3,(H2,26,27,28)/q+1/t14-,15+,19+,23+,24+,38?/m0/s1. The van der Waals surface area contributed by atoms with Gasteiger partial charge in [-0.25, -0.2) is 15.0 Å². The monoisotopic (exact) mass is 553 g/mol. The van der Waals surface area contributed by atoms with E-state index >= 15 is 0 Å². The number of nitrogens with two attached hydrogens (primary N) is 2. The summed E-state index contributed by atoms with van der Waals surface area (Å²) in [7, 11) is 0.902. The Morgan fingerprint density at radius 1 is 1.24 bits per heavy atom. The van der Waals surface area contributed by atoms with Crippen LogP contribution in [-0.2, 0) is 39.5 Å². The second-order valence-corrected chi connectivity index (χ2v) is 11.6. The molecule has 0 radical (unpaired) electrons. The zero-order valence-corrected chi connectivity index (χ0v) is 23.0. The number of Topliss-reactive ketones (excluding diaryl/α,β-unsaturated/α-hetero) is 1. The van der Waals surface area contributed by atoms with E-state index in [9.17, 15) is 19.5 Å². The number of esters is 2. The summed E-state index contributed by atoms with van der Waals surface area (Å²) in [4.78, 5) is 50.3. The molecular weight excluding hydrogens is 516 g/mol. The number of ketones is 1. The Balaban J connectivity index is 1.99. The topological polar surface area (TPSA) is 195 Å². The van der Waals surface area contributed by atoms with Crippen LogP contribution in [0.3, 0.4) is 0 Å². The van der Waals surface area contributed by atoms with Gasteiger partial charge in [0, 0.05) is 19.3 Å². The number of rotatable bonds is 13. The predicted molar refractivity (Wildman–Crippen MR) is 141 cm³/mol. The van der Waals surface area contributed by atoms with Gasteiger partial charge >= 0.3 is 11.9 Å². The highest BCUT2D eigenvalue weighted by Crippen LogP contribution is 2.43. The molecule has 1 unspecified atom stereocenters. The van der Waals surface area contributed by atoms with Crippen molar-refractivity contribution in [2.24, 2.45) is 5.73 Å². The third-order valence-electron chi connectivity index (χ3n) is 6.46. The summed E-state index contributed by atoms with van der Waals surface area (Å²) in [6.45, 7) is 3.65. The minimum Gasteiger partial charge on any atom is -0.468 e. The van der Waals surface area contributed by atoms with E-state index in [1.54, 1.807) is 0 Å². The smallest absolute Gasteiger partial charge is 0.322 e. The molecule has 13 nitrogen and oxygen atoms in total. The second-order valence-electron chi connectivity index (χ2n) is 9.34. The molecule has 0 bridgehead atoms. The van der Waals surface area contributed by atoms with Crippen molar-refractivity contribution >= 4 is 45.6 Å². The van der Waals surface area contributed by atoms with Gasteiger partial charge in [-0.05, 0) is 23.7 Å². The molecule has 38 heavy (non-hydrogen) atoms. The number of nitrogen functional groups attached to an aromatic ring is 1. The van der Waals surface area contributed by atoms with Crippen molar-refractivity contribution < 1.29 is 33.7 Å². The van der Waals surface area contributed by atoms with Gasteiger partial charge in [0.1, 0.15) is 35.5 Å². The number of hydrogen-bond donors (Lipinski definition) is 3. The van der Waals surface area contributed by atoms with Crippen molar-refractivity contribution in [3.8, 4) is 0 Å². The normalized spacial score (nSPS) is 24.7. The third kappa shape index (κ3) is 6.08. The molecule has 1 aliphatic rings. The number of carbonyl (C=O) groups excluding carboxylic acids is 3. The molecule has 0 amide bonds. The molecule has 0 saturated carbocycles. The molecule has 0 aromatic carbocycles. The molecular formula is C24H37N6O7S+. The Morgan fingerprint density at radius 3 is 2.61 bits per heavy atom. The van der Waals surface area contributed by atoms with Crippen molar-refractivity contribution in [1.29, 1.82) is 0 Å². The van der Waals surface area contributed by atoms with Crippen LogP contribution in [0.5, 0.6) is 0 Å². The van der Waals surface area contributed by atoms with E-state index in [1.165, 1.54) is 24.3 Å². The summed E-state index contributed by atoms with van der Waals surface area (Å²) in [5, 5.41) is 12.1. The van der Waals surface area contributed by atoms with E-state index in [1.807, 2.05) is 20.1 Å². The highest BCUT2D eigenvalue weighted by atomic mass is 32.2. The fourth-order valence-corrected chi connectivity index (χ4v) is 6.10. The third-order valence-corrected chi connectivity index (χ3v) is 8.29. The Morgan fingerprint density at radius 2 is 1.95 bits per heavy atom. The van der Waals surface area contributed by atoms with Gasteiger partial charge in [-0.3, -0.25) is 19.0 Å². The van der Waals surface area contributed by atoms with E-state index in [0.29, 0.717) is 30.8 Å². The van der Waals surface area contributed by atoms with Crippen molar-refractivity contribution in [2.45, 2.75) is 76.0 Å². The van der Waals surface area contributed by atoms with Crippen molar-refractivity contribution in [1.82, 2.24) is 19.5 Å². The quantitative estimate of drug-likeness (QED) is 0.226. The zero-order chi connectivity index (χ0) is 28.0. The van der Waals surface area contributed by atoms with Crippen LogP contribution in [0, 0.1) is 0 Å². The van der Waals surface area contributed by atoms with E-state index in [4.69, 9.17) is 25.7 Å². The molecule has 6 atom stereocenters. The maximum Gasteiger partial charge on any atom is 0.322 e. The van der Waals surface area contributed by atoms with Crippen LogP contribution in [0.15, 0.2) is 12.7 Å². The van der Waals surface area contributed by atoms with Gasteiger partial charge < -0.3 is 30.8 Å². The fraction of sp³-hybridized carbons (Fsp3) is 0.667. The average molecular weight is 554 g/mol. The molecule has 1 saturated heterocycles. The van der Waals surface area contributed by atoms with Crippen LogP contribution in [0.25, 0.3) is 11.2 Å². The molecule has 2 aromatic heterocycles. The van der Waals surface area contributed by atoms with Crippen molar-refractivity contribution in [3.05, 3.63) is 12.7 Å². The zero-order valence-electron chi connectivity index (χ0n) is 22.2. The summed E-state index contributed by atoms with van der Waals surface area (Å²) in [6, 6.07) is -0.768. The van der Waals surface area contributed by atoms with Gasteiger partial charge in [0.05, 0.1) is 19.7 Å². The first kappa shape index (κ1) is 29.7. The molecule has 1 aliphatic heterocycles. The second kappa shape index (κ2) is 12.8. The number of aromatic nitrogens is 4. The van der Waals surface area contributed by atoms with Crippen molar-refractivity contribution in [2.75, 3.05) is 30.6 Å². The van der Waals surface area contributed by atoms with Crippen LogP contribution in [-0.4, -0.2) is 91.1 Å². The minimum atomic E-state index is -2.20. The predicted octanol–water partition coefficient (Wildman–Crippen LogP) is 0.257. The van der Waals surface area contributed by atoms with E-state index in [-0.39, 0.29) is 40.7 Å². The first-order valence-corrected chi connectivity index (χ1v) is 14.5. The number of aliphatic hydroxyl groups is 1. The number of hydrogen-bond acceptors (Lipinski definition) is 12. The fourth-order valence-electron chi connectivity index (χ4n) is 4.47. The first-order chi connectivity index (χ1) is 18.1. The lowest BCUT2D eigenvalue weighted by atomic mass is 9.87. The Labute approximate surface area is 224 Å². The maximum atomic E-state index is 13.5. The van der Waals surface area contributed by atoms with Crippen LogP contribution in [0.1, 0.15) is 52.2 Å². The number of carbonyl (C=O) groups is 3. The Bertz CT molecular complexity index is 1150. The van der Waals surface area contributed by atoms with Crippen LogP contribution in [0.4, 0.5) is 5.82 Å². The van der Waals surface area contributed by atoms with E-state index in [2.05, 4.69) is 15.0 Å². The van der Waals surface area contributed by atoms with Crippen LogP contribution in [0.2, 0.25) is 0 Å². The Kier molecular flexibility index (Phi) is 10.0. The largest absolute Gasteiger partial charge is 0.468 e. The summed E-state index contributed by atoms with van der Waals surface area (Å²) in [5.74, 6) is -0.516. The van der Waals surface area contributed by atoms with Gasteiger partial charge in [-0.15, -0.1) is 0 Å². The average Bonchev–Trinajstić information content (AvgIpc) is 3.43. The van der Waals surface area contributed by atoms with Crippen molar-refractivity contribution in [3.63, 3.8) is 0 Å². The number of imidazole rings is 1. The summed E-state index contributed by atoms with van der Waals surface area (Å²) in [5.41, 5.74) is 10.2. The number of anilines is 1. The number of methoxy groups -OCH3 is 1. The molecule has 0 aliphatic carbocycles. The maximum absolute atomic E-state index is 13.5. The highest BCUT2D eigenvalue weighted by molar-refractivity contribution is 7.96. The lowest BCUT2D eigenvalue weighted by molar-refractivity contribution is -0.173. The van der Waals surface area contributed by atoms with Crippen LogP contribution >= 0.6 is 0 Å². The van der Waals surface area contributed by atoms with Gasteiger partial charge in [-0.1, -0.05) is 13.8 Å². The lowest BCUT2D eigenvalue weighted by Gasteiger charge is -2.32. The summed E-state index contributed by atoms with van der Waals surface area (Å²) in [6.07, 6.45) is 2.75. The highest BCUT2D eigenvalue weighted by Gasteiger charge is 2.64. The molecule has 1 fully saturated rings. The lowest BCUT2D eigenvalue weighted by Crippen LogP contribution is -2.55.